The molecule has 0 atom stereocenters. The molecule has 0 N–H and O–H groups in total. The summed E-state index contributed by atoms with van der Waals surface area (Å²) in [5.74, 6) is 0.0553. The second-order valence-corrected chi connectivity index (χ2v) is 7.58. The zero-order chi connectivity index (χ0) is 20.1. The van der Waals surface area contributed by atoms with Crippen molar-refractivity contribution in [3.05, 3.63) is 107 Å². The number of Topliss-reactive ketones (excluding diaryl/α,β-unsaturated/α-hetero) is 1. The summed E-state index contributed by atoms with van der Waals surface area (Å²) in [6, 6.07) is 17.9. The van der Waals surface area contributed by atoms with Crippen LogP contribution in [0.3, 0.4) is 0 Å². The maximum absolute atomic E-state index is 13.6. The monoisotopic (exact) mass is 379 g/mol. The van der Waals surface area contributed by atoms with Crippen molar-refractivity contribution in [2.24, 2.45) is 0 Å². The van der Waals surface area contributed by atoms with Gasteiger partial charge in [0.05, 0.1) is 11.9 Å². The number of hydrogen-bond acceptors (Lipinski definition) is 3. The van der Waals surface area contributed by atoms with Crippen LogP contribution in [0, 0.1) is 6.92 Å². The van der Waals surface area contributed by atoms with Crippen LogP contribution >= 0.6 is 0 Å². The van der Waals surface area contributed by atoms with Crippen molar-refractivity contribution in [3.8, 4) is 5.69 Å². The Kier molecular flexibility index (Phi) is 3.88. The van der Waals surface area contributed by atoms with Gasteiger partial charge in [-0.3, -0.25) is 4.79 Å². The average Bonchev–Trinajstić information content (AvgIpc) is 3.34. The molecule has 0 spiro atoms. The summed E-state index contributed by atoms with van der Waals surface area (Å²) in [5, 5.41) is 4.60. The molecule has 0 bridgehead atoms. The number of rotatable bonds is 3. The smallest absolute Gasteiger partial charge is 0.195 e. The third-order valence-corrected chi connectivity index (χ3v) is 5.63. The van der Waals surface area contributed by atoms with E-state index >= 15 is 0 Å². The van der Waals surface area contributed by atoms with Gasteiger partial charge in [0.2, 0.25) is 0 Å². The summed E-state index contributed by atoms with van der Waals surface area (Å²) in [5.41, 5.74) is 8.46. The molecule has 29 heavy (non-hydrogen) atoms. The Labute approximate surface area is 170 Å². The van der Waals surface area contributed by atoms with Gasteiger partial charge in [0.25, 0.3) is 0 Å². The normalized spacial score (nSPS) is 15.1. The molecule has 1 aromatic heterocycles. The van der Waals surface area contributed by atoms with Gasteiger partial charge >= 0.3 is 0 Å². The topological polar surface area (TPSA) is 38.1 Å². The van der Waals surface area contributed by atoms with Crippen LogP contribution in [-0.4, -0.2) is 34.6 Å². The molecule has 0 saturated heterocycles. The van der Waals surface area contributed by atoms with Crippen molar-refractivity contribution in [2.45, 2.75) is 6.92 Å². The van der Waals surface area contributed by atoms with Crippen molar-refractivity contribution in [1.29, 1.82) is 0 Å². The zero-order valence-corrected chi connectivity index (χ0v) is 16.7. The highest BCUT2D eigenvalue weighted by molar-refractivity contribution is 6.36. The Balaban J connectivity index is 1.75. The van der Waals surface area contributed by atoms with Crippen LogP contribution in [-0.2, 0) is 0 Å². The highest BCUT2D eigenvalue weighted by Gasteiger charge is 2.33. The quantitative estimate of drug-likeness (QED) is 0.664. The maximum Gasteiger partial charge on any atom is 0.195 e. The molecule has 0 amide bonds. The van der Waals surface area contributed by atoms with Crippen LogP contribution < -0.4 is 0 Å². The van der Waals surface area contributed by atoms with E-state index in [1.54, 1.807) is 0 Å². The number of allylic oxidation sites excluding steroid dienone is 5. The third kappa shape index (κ3) is 2.60. The van der Waals surface area contributed by atoms with Gasteiger partial charge in [-0.05, 0) is 47.9 Å². The molecule has 142 valence electrons. The summed E-state index contributed by atoms with van der Waals surface area (Å²) in [6.45, 7) is 2.02. The van der Waals surface area contributed by atoms with E-state index in [0.29, 0.717) is 0 Å². The molecular formula is C25H21N3O. The Morgan fingerprint density at radius 3 is 2.28 bits per heavy atom. The second-order valence-electron chi connectivity index (χ2n) is 7.58. The minimum atomic E-state index is 0.0553. The SMILES string of the molecule is Cc1c(C2=C3C=C(N(C)C)C=C3c3ccccc3C2=O)cnn1-c1ccccc1. The third-order valence-electron chi connectivity index (χ3n) is 5.63. The average molecular weight is 379 g/mol. The van der Waals surface area contributed by atoms with Crippen LogP contribution in [0.25, 0.3) is 16.8 Å². The van der Waals surface area contributed by atoms with E-state index in [1.165, 1.54) is 0 Å². The van der Waals surface area contributed by atoms with Crippen molar-refractivity contribution >= 4 is 16.9 Å². The fourth-order valence-corrected chi connectivity index (χ4v) is 4.11. The molecule has 5 rings (SSSR count). The van der Waals surface area contributed by atoms with E-state index < -0.39 is 0 Å². The molecule has 1 heterocycles. The number of benzene rings is 2. The number of fused-ring (bicyclic) bond motifs is 3. The van der Waals surface area contributed by atoms with Gasteiger partial charge in [-0.25, -0.2) is 4.68 Å². The second kappa shape index (κ2) is 6.45. The molecule has 4 heteroatoms. The summed E-state index contributed by atoms with van der Waals surface area (Å²) >= 11 is 0. The number of likely N-dealkylation sites (N-methyl/N-ethyl adjacent to an activating group) is 1. The fraction of sp³-hybridized carbons (Fsp3) is 0.120. The lowest BCUT2D eigenvalue weighted by molar-refractivity contribution is 0.105. The van der Waals surface area contributed by atoms with Gasteiger partial charge in [0.1, 0.15) is 0 Å². The molecule has 2 aliphatic carbocycles. The maximum atomic E-state index is 13.6. The van der Waals surface area contributed by atoms with E-state index in [9.17, 15) is 4.79 Å². The van der Waals surface area contributed by atoms with E-state index in [2.05, 4.69) is 22.2 Å². The first-order valence-corrected chi connectivity index (χ1v) is 9.66. The first kappa shape index (κ1) is 17.4. The first-order valence-electron chi connectivity index (χ1n) is 9.66. The lowest BCUT2D eigenvalue weighted by Gasteiger charge is -2.21. The summed E-state index contributed by atoms with van der Waals surface area (Å²) in [4.78, 5) is 15.6. The Hall–Kier alpha value is -3.66. The number of carbonyl (C=O) groups excluding carboxylic acids is 1. The lowest BCUT2D eigenvalue weighted by atomic mass is 9.80. The van der Waals surface area contributed by atoms with Gasteiger partial charge < -0.3 is 4.90 Å². The molecule has 3 aromatic rings. The van der Waals surface area contributed by atoms with Crippen LogP contribution in [0.4, 0.5) is 0 Å². The molecule has 0 unspecified atom stereocenters. The van der Waals surface area contributed by atoms with Gasteiger partial charge in [0.15, 0.2) is 5.78 Å². The van der Waals surface area contributed by atoms with Crippen LogP contribution in [0.15, 0.2) is 84.2 Å². The van der Waals surface area contributed by atoms with Gasteiger partial charge in [-0.1, -0.05) is 42.5 Å². The van der Waals surface area contributed by atoms with Crippen molar-refractivity contribution in [1.82, 2.24) is 14.7 Å². The molecule has 0 fully saturated rings. The van der Waals surface area contributed by atoms with E-state index in [4.69, 9.17) is 0 Å². The highest BCUT2D eigenvalue weighted by atomic mass is 16.1. The molecule has 2 aliphatic rings. The largest absolute Gasteiger partial charge is 0.378 e. The van der Waals surface area contributed by atoms with Crippen LogP contribution in [0.5, 0.6) is 0 Å². The molecule has 0 saturated carbocycles. The molecule has 2 aromatic carbocycles. The van der Waals surface area contributed by atoms with Gasteiger partial charge in [0, 0.05) is 42.2 Å². The highest BCUT2D eigenvalue weighted by Crippen LogP contribution is 2.44. The minimum Gasteiger partial charge on any atom is -0.378 e. The minimum absolute atomic E-state index is 0.0553. The zero-order valence-electron chi connectivity index (χ0n) is 16.7. The van der Waals surface area contributed by atoms with Crippen molar-refractivity contribution in [2.75, 3.05) is 14.1 Å². The molecule has 4 nitrogen and oxygen atoms in total. The summed E-state index contributed by atoms with van der Waals surface area (Å²) < 4.78 is 1.89. The Morgan fingerprint density at radius 1 is 0.862 bits per heavy atom. The Morgan fingerprint density at radius 2 is 1.55 bits per heavy atom. The fourth-order valence-electron chi connectivity index (χ4n) is 4.11. The predicted molar refractivity (Wildman–Crippen MR) is 116 cm³/mol. The molecule has 0 aliphatic heterocycles. The number of ketones is 1. The predicted octanol–water partition coefficient (Wildman–Crippen LogP) is 4.67. The van der Waals surface area contributed by atoms with Crippen LogP contribution in [0.2, 0.25) is 0 Å². The van der Waals surface area contributed by atoms with E-state index in [-0.39, 0.29) is 5.78 Å². The summed E-state index contributed by atoms with van der Waals surface area (Å²) in [7, 11) is 4.04. The Bertz CT molecular complexity index is 1240. The van der Waals surface area contributed by atoms with Gasteiger partial charge in [-0.2, -0.15) is 5.10 Å². The number of hydrogen-bond donors (Lipinski definition) is 0. The van der Waals surface area contributed by atoms with E-state index in [1.807, 2.05) is 86.5 Å². The molecular weight excluding hydrogens is 358 g/mol. The number of carbonyl (C=O) groups is 1. The summed E-state index contributed by atoms with van der Waals surface area (Å²) in [6.07, 6.45) is 6.09. The van der Waals surface area contributed by atoms with Gasteiger partial charge in [-0.15, -0.1) is 0 Å². The molecule has 0 radical (unpaired) electrons. The number of nitrogens with zero attached hydrogens (tertiary/aromatic N) is 3. The number of aromatic nitrogens is 2. The first-order chi connectivity index (χ1) is 14.1. The van der Waals surface area contributed by atoms with E-state index in [0.717, 1.165) is 50.5 Å². The van der Waals surface area contributed by atoms with Crippen molar-refractivity contribution in [3.63, 3.8) is 0 Å². The number of para-hydroxylation sites is 1. The standard InChI is InChI=1S/C25H21N3O/c1-16-23(15-26-28(16)17-9-5-4-6-10-17)24-22-14-18(27(2)3)13-21(22)19-11-7-8-12-20(19)25(24)29/h4-15H,1-3H3. The lowest BCUT2D eigenvalue weighted by Crippen LogP contribution is -2.14. The van der Waals surface area contributed by atoms with Crippen LogP contribution in [0.1, 0.15) is 27.2 Å². The van der Waals surface area contributed by atoms with Crippen molar-refractivity contribution < 1.29 is 4.79 Å².